The summed E-state index contributed by atoms with van der Waals surface area (Å²) < 4.78 is 50.2. The van der Waals surface area contributed by atoms with Crippen LogP contribution < -0.4 is 17.2 Å². The number of benzene rings is 2. The van der Waals surface area contributed by atoms with E-state index in [2.05, 4.69) is 0 Å². The lowest BCUT2D eigenvalue weighted by Crippen LogP contribution is -2.05. The van der Waals surface area contributed by atoms with Crippen molar-refractivity contribution in [3.63, 3.8) is 0 Å². The van der Waals surface area contributed by atoms with Gasteiger partial charge in [0, 0.05) is 16.9 Å². The van der Waals surface area contributed by atoms with E-state index < -0.39 is 34.5 Å². The summed E-state index contributed by atoms with van der Waals surface area (Å²) in [6, 6.07) is 7.09. The van der Waals surface area contributed by atoms with Crippen molar-refractivity contribution in [3.8, 4) is 0 Å². The summed E-state index contributed by atoms with van der Waals surface area (Å²) in [5.41, 5.74) is 15.1. The molecule has 2 rings (SSSR count). The predicted molar refractivity (Wildman–Crippen MR) is 70.7 cm³/mol. The Kier molecular flexibility index (Phi) is 4.79. The molecule has 20 heavy (non-hydrogen) atoms. The monoisotopic (exact) mass is 287 g/mol. The second-order valence-electron chi connectivity index (χ2n) is 3.96. The number of rotatable bonds is 0. The minimum absolute atomic E-state index is 0.709. The second-order valence-corrected chi connectivity index (χ2v) is 3.96. The van der Waals surface area contributed by atoms with Gasteiger partial charge in [0.25, 0.3) is 0 Å². The highest BCUT2D eigenvalue weighted by molar-refractivity contribution is 5.47. The lowest BCUT2D eigenvalue weighted by atomic mass is 10.2. The fourth-order valence-corrected chi connectivity index (χ4v) is 1.25. The van der Waals surface area contributed by atoms with Crippen molar-refractivity contribution in [2.24, 2.45) is 0 Å². The molecule has 0 aliphatic rings. The van der Waals surface area contributed by atoms with Crippen LogP contribution in [-0.4, -0.2) is 0 Å². The fraction of sp³-hybridized carbons (Fsp3) is 0.0769. The molecule has 0 radical (unpaired) electrons. The molecule has 6 N–H and O–H groups in total. The molecule has 2 aromatic rings. The molecule has 0 saturated carbocycles. The molecule has 0 fully saturated rings. The van der Waals surface area contributed by atoms with Crippen LogP contribution in [0.15, 0.2) is 24.3 Å². The third-order valence-electron chi connectivity index (χ3n) is 2.45. The van der Waals surface area contributed by atoms with Gasteiger partial charge in [0.15, 0.2) is 23.3 Å². The Hall–Kier alpha value is -2.44. The lowest BCUT2D eigenvalue weighted by molar-refractivity contribution is 0.451. The molecular weight excluding hydrogens is 274 g/mol. The molecule has 0 atom stereocenters. The Morgan fingerprint density at radius 3 is 1.25 bits per heavy atom. The number of nitrogen functional groups attached to an aromatic ring is 3. The molecule has 0 unspecified atom stereocenters. The highest BCUT2D eigenvalue weighted by Crippen LogP contribution is 2.24. The van der Waals surface area contributed by atoms with Crippen LogP contribution in [0.4, 0.5) is 34.6 Å². The van der Waals surface area contributed by atoms with Gasteiger partial charge >= 0.3 is 0 Å². The number of hydrogen-bond acceptors (Lipinski definition) is 3. The third kappa shape index (κ3) is 3.31. The molecule has 3 nitrogen and oxygen atoms in total. The standard InChI is InChI=1S/C7H5F4N.C6H8N2/c1-2-3(8)5(10)7(12)6(11)4(2)9;7-5-1-2-6(8)4-3-5/h12H2,1H3;1-4H,7-8H2. The minimum Gasteiger partial charge on any atom is -0.399 e. The molecule has 0 heterocycles. The Bertz CT molecular complexity index is 486. The first kappa shape index (κ1) is 15.6. The average Bonchev–Trinajstić information content (AvgIpc) is 2.45. The Balaban J connectivity index is 0.000000217. The number of nitrogens with two attached hydrogens (primary N) is 3. The lowest BCUT2D eigenvalue weighted by Gasteiger charge is -2.04. The Labute approximate surface area is 113 Å². The van der Waals surface area contributed by atoms with E-state index >= 15 is 0 Å². The normalized spacial score (nSPS) is 9.85. The van der Waals surface area contributed by atoms with Gasteiger partial charge in [0.1, 0.15) is 5.69 Å². The number of hydrogen-bond donors (Lipinski definition) is 3. The van der Waals surface area contributed by atoms with Gasteiger partial charge in [-0.2, -0.15) is 0 Å². The molecule has 0 bridgehead atoms. The molecular formula is C13H13F4N3. The summed E-state index contributed by atoms with van der Waals surface area (Å²) in [7, 11) is 0. The third-order valence-corrected chi connectivity index (χ3v) is 2.45. The quantitative estimate of drug-likeness (QED) is 0.396. The topological polar surface area (TPSA) is 78.1 Å². The smallest absolute Gasteiger partial charge is 0.185 e. The van der Waals surface area contributed by atoms with Crippen molar-refractivity contribution in [3.05, 3.63) is 53.1 Å². The van der Waals surface area contributed by atoms with Crippen LogP contribution in [0.1, 0.15) is 5.56 Å². The number of halogens is 4. The van der Waals surface area contributed by atoms with Gasteiger partial charge in [-0.25, -0.2) is 17.6 Å². The zero-order valence-electron chi connectivity index (χ0n) is 10.6. The maximum atomic E-state index is 12.6. The van der Waals surface area contributed by atoms with Gasteiger partial charge in [-0.15, -0.1) is 0 Å². The first-order valence-corrected chi connectivity index (χ1v) is 5.44. The zero-order chi connectivity index (χ0) is 15.4. The van der Waals surface area contributed by atoms with Crippen molar-refractivity contribution in [1.29, 1.82) is 0 Å². The summed E-state index contributed by atoms with van der Waals surface area (Å²) in [4.78, 5) is 0. The predicted octanol–water partition coefficient (Wildman–Crippen LogP) is 2.98. The van der Waals surface area contributed by atoms with Crippen LogP contribution in [0.25, 0.3) is 0 Å². The first-order chi connectivity index (χ1) is 9.25. The van der Waals surface area contributed by atoms with Crippen LogP contribution in [0, 0.1) is 30.2 Å². The van der Waals surface area contributed by atoms with Crippen molar-refractivity contribution in [2.75, 3.05) is 17.2 Å². The van der Waals surface area contributed by atoms with Crippen LogP contribution in [0.3, 0.4) is 0 Å². The molecule has 7 heteroatoms. The van der Waals surface area contributed by atoms with E-state index in [-0.39, 0.29) is 0 Å². The Morgan fingerprint density at radius 2 is 0.950 bits per heavy atom. The maximum Gasteiger partial charge on any atom is 0.185 e. The van der Waals surface area contributed by atoms with E-state index in [1.807, 2.05) is 0 Å². The van der Waals surface area contributed by atoms with Gasteiger partial charge in [-0.3, -0.25) is 0 Å². The molecule has 0 spiro atoms. The maximum absolute atomic E-state index is 12.6. The van der Waals surface area contributed by atoms with Gasteiger partial charge in [0.05, 0.1) is 0 Å². The van der Waals surface area contributed by atoms with Gasteiger partial charge < -0.3 is 17.2 Å². The van der Waals surface area contributed by atoms with Gasteiger partial charge in [0.2, 0.25) is 0 Å². The van der Waals surface area contributed by atoms with Crippen LogP contribution in [-0.2, 0) is 0 Å². The number of anilines is 3. The SMILES string of the molecule is Cc1c(F)c(F)c(N)c(F)c1F.Nc1ccc(N)cc1. The molecule has 0 aliphatic carbocycles. The van der Waals surface area contributed by atoms with Crippen LogP contribution >= 0.6 is 0 Å². The Morgan fingerprint density at radius 1 is 0.650 bits per heavy atom. The summed E-state index contributed by atoms with van der Waals surface area (Å²) in [6.07, 6.45) is 0. The van der Waals surface area contributed by atoms with E-state index in [9.17, 15) is 17.6 Å². The largest absolute Gasteiger partial charge is 0.399 e. The molecule has 0 aromatic heterocycles. The molecule has 108 valence electrons. The summed E-state index contributed by atoms with van der Waals surface area (Å²) in [6.45, 7) is 0.927. The van der Waals surface area contributed by atoms with Crippen molar-refractivity contribution < 1.29 is 17.6 Å². The van der Waals surface area contributed by atoms with Crippen molar-refractivity contribution in [1.82, 2.24) is 0 Å². The summed E-state index contributed by atoms with van der Waals surface area (Å²) >= 11 is 0. The highest BCUT2D eigenvalue weighted by atomic mass is 19.2. The van der Waals surface area contributed by atoms with Crippen LogP contribution in [0.2, 0.25) is 0 Å². The van der Waals surface area contributed by atoms with Crippen molar-refractivity contribution >= 4 is 17.1 Å². The molecule has 2 aromatic carbocycles. The van der Waals surface area contributed by atoms with E-state index in [1.54, 1.807) is 24.3 Å². The first-order valence-electron chi connectivity index (χ1n) is 5.44. The molecule has 0 amide bonds. The highest BCUT2D eigenvalue weighted by Gasteiger charge is 2.20. The zero-order valence-corrected chi connectivity index (χ0v) is 10.6. The van der Waals surface area contributed by atoms with Crippen LogP contribution in [0.5, 0.6) is 0 Å². The van der Waals surface area contributed by atoms with E-state index in [0.29, 0.717) is 0 Å². The second kappa shape index (κ2) is 6.14. The summed E-state index contributed by atoms with van der Waals surface area (Å²) in [5.74, 6) is -6.00. The van der Waals surface area contributed by atoms with Crippen molar-refractivity contribution in [2.45, 2.75) is 6.92 Å². The van der Waals surface area contributed by atoms with E-state index in [0.717, 1.165) is 18.3 Å². The molecule has 0 saturated heterocycles. The minimum atomic E-state index is -1.55. The van der Waals surface area contributed by atoms with E-state index in [4.69, 9.17) is 17.2 Å². The van der Waals surface area contributed by atoms with E-state index in [1.165, 1.54) is 0 Å². The van der Waals surface area contributed by atoms with Gasteiger partial charge in [-0.05, 0) is 31.2 Å². The molecule has 0 aliphatic heterocycles. The fourth-order valence-electron chi connectivity index (χ4n) is 1.25. The van der Waals surface area contributed by atoms with Gasteiger partial charge in [-0.1, -0.05) is 0 Å². The summed E-state index contributed by atoms with van der Waals surface area (Å²) in [5, 5.41) is 0. The average molecular weight is 287 g/mol.